The molecule has 32 nitrogen and oxygen atoms in total. The Morgan fingerprint density at radius 1 is 0.598 bits per heavy atom. The van der Waals surface area contributed by atoms with Gasteiger partial charge in [0.05, 0.1) is 31.4 Å². The zero-order valence-corrected chi connectivity index (χ0v) is 53.2. The minimum Gasteiger partial charge on any atom is -0.508 e. The molecule has 3 rings (SSSR count). The fourth-order valence-corrected chi connectivity index (χ4v) is 9.34. The van der Waals surface area contributed by atoms with Crippen molar-refractivity contribution in [1.82, 2.24) is 58.7 Å². The van der Waals surface area contributed by atoms with E-state index >= 15 is 0 Å². The van der Waals surface area contributed by atoms with Crippen molar-refractivity contribution in [2.75, 3.05) is 38.7 Å². The zero-order chi connectivity index (χ0) is 68.8. The van der Waals surface area contributed by atoms with Crippen LogP contribution in [0.2, 0.25) is 0 Å². The van der Waals surface area contributed by atoms with E-state index in [9.17, 15) is 72.5 Å². The minimum atomic E-state index is -1.72. The summed E-state index contributed by atoms with van der Waals surface area (Å²) in [6.07, 6.45) is 0.356. The van der Waals surface area contributed by atoms with Crippen LogP contribution >= 0.6 is 0 Å². The minimum absolute atomic E-state index is 0.0115. The number of carbonyl (C=O) groups is 13. The Kier molecular flexibility index (Phi) is 33.0. The molecule has 0 aromatic heterocycles. The molecule has 92 heavy (non-hydrogen) atoms. The molecule has 2 aromatic rings. The molecular formula is C60H94N16O16. The smallest absolute Gasteiger partial charge is 0.313 e. The van der Waals surface area contributed by atoms with Crippen molar-refractivity contribution < 1.29 is 77.3 Å². The highest BCUT2D eigenvalue weighted by molar-refractivity contribution is 6.40. The summed E-state index contributed by atoms with van der Waals surface area (Å²) in [6, 6.07) is -2.91. The SMILES string of the molecule is CC[C@H](C)[C@@H]1NC(=O)[C@H](CCC(N)=O)NC(=O)[C@H](C(C)C)NC(=O)[C@@H](N)CCCNC(=O)[C@H](CC(C)C)NC(=O)[C@H](CCCCN)NC(=O)C(=O)Nc2ccc(OC)c(c2)C(=O)NNC(=O)[C@@H](N)CCCNC(=O)[C@H](Cc2ccc(O)cc2)NC(=O)[C@H](CO)NC1=O. The van der Waals surface area contributed by atoms with E-state index in [1.807, 2.05) is 13.8 Å². The van der Waals surface area contributed by atoms with Gasteiger partial charge in [-0.3, -0.25) is 73.2 Å². The maximum atomic E-state index is 14.2. The maximum absolute atomic E-state index is 14.2. The number of ether oxygens (including phenoxy) is 1. The van der Waals surface area contributed by atoms with Crippen LogP contribution < -0.4 is 91.7 Å². The van der Waals surface area contributed by atoms with E-state index in [-0.39, 0.29) is 106 Å². The number of nitrogens with one attached hydrogen (secondary N) is 12. The van der Waals surface area contributed by atoms with Gasteiger partial charge in [0.2, 0.25) is 53.2 Å². The molecule has 0 unspecified atom stereocenters. The number of amides is 13. The van der Waals surface area contributed by atoms with Crippen molar-refractivity contribution in [2.24, 2.45) is 40.7 Å². The number of anilines is 1. The van der Waals surface area contributed by atoms with Gasteiger partial charge in [0.1, 0.15) is 53.8 Å². The average molecular weight is 1300 g/mol. The van der Waals surface area contributed by atoms with Crippen LogP contribution in [0.25, 0.3) is 0 Å². The van der Waals surface area contributed by atoms with E-state index in [1.54, 1.807) is 27.7 Å². The van der Waals surface area contributed by atoms with Gasteiger partial charge in [-0.15, -0.1) is 0 Å². The number of primary amides is 1. The van der Waals surface area contributed by atoms with Gasteiger partial charge in [0, 0.05) is 31.6 Å². The van der Waals surface area contributed by atoms with Crippen LogP contribution in [0.15, 0.2) is 42.5 Å². The predicted molar refractivity (Wildman–Crippen MR) is 335 cm³/mol. The molecule has 2 bridgehead atoms. The van der Waals surface area contributed by atoms with Crippen LogP contribution in [0, 0.1) is 17.8 Å². The van der Waals surface area contributed by atoms with E-state index in [0.717, 1.165) is 6.07 Å². The fourth-order valence-electron chi connectivity index (χ4n) is 9.34. The van der Waals surface area contributed by atoms with Crippen molar-refractivity contribution >= 4 is 82.5 Å². The van der Waals surface area contributed by atoms with Crippen molar-refractivity contribution in [3.05, 3.63) is 53.6 Å². The van der Waals surface area contributed by atoms with Gasteiger partial charge < -0.3 is 91.1 Å². The van der Waals surface area contributed by atoms with Crippen molar-refractivity contribution in [1.29, 1.82) is 0 Å². The summed E-state index contributed by atoms with van der Waals surface area (Å²) in [6.45, 7) is 9.24. The average Bonchev–Trinajstić information content (AvgIpc) is 1.08. The number of rotatable bonds is 16. The first-order valence-corrected chi connectivity index (χ1v) is 30.7. The Balaban J connectivity index is 2.01. The first-order valence-electron chi connectivity index (χ1n) is 30.7. The molecule has 1 aliphatic heterocycles. The van der Waals surface area contributed by atoms with Gasteiger partial charge in [-0.2, -0.15) is 0 Å². The van der Waals surface area contributed by atoms with Crippen LogP contribution in [0.1, 0.15) is 128 Å². The number of hydrogen-bond acceptors (Lipinski definition) is 19. The van der Waals surface area contributed by atoms with Crippen LogP contribution in [-0.4, -0.2) is 175 Å². The molecule has 13 amide bonds. The molecule has 1 heterocycles. The second kappa shape index (κ2) is 39.3. The van der Waals surface area contributed by atoms with E-state index in [2.05, 4.69) is 64.0 Å². The van der Waals surface area contributed by atoms with Crippen molar-refractivity contribution in [3.63, 3.8) is 0 Å². The number of aliphatic hydroxyl groups excluding tert-OH is 1. The summed E-state index contributed by atoms with van der Waals surface area (Å²) in [5.41, 5.74) is 28.2. The van der Waals surface area contributed by atoms with Gasteiger partial charge in [-0.25, -0.2) is 0 Å². The molecule has 32 heteroatoms. The Hall–Kier alpha value is -9.01. The molecule has 510 valence electrons. The lowest BCUT2D eigenvalue weighted by molar-refractivity contribution is -0.138. The Morgan fingerprint density at radius 2 is 1.14 bits per heavy atom. The third-order valence-corrected chi connectivity index (χ3v) is 14.9. The summed E-state index contributed by atoms with van der Waals surface area (Å²) in [7, 11) is 1.25. The van der Waals surface area contributed by atoms with Gasteiger partial charge in [0.25, 0.3) is 11.8 Å². The summed E-state index contributed by atoms with van der Waals surface area (Å²) < 4.78 is 5.32. The first kappa shape index (κ1) is 77.2. The van der Waals surface area contributed by atoms with Crippen LogP contribution in [0.4, 0.5) is 5.69 Å². The molecule has 2 aromatic carbocycles. The zero-order valence-electron chi connectivity index (χ0n) is 53.2. The second-order valence-electron chi connectivity index (χ2n) is 23.2. The van der Waals surface area contributed by atoms with E-state index in [1.165, 1.54) is 43.5 Å². The maximum Gasteiger partial charge on any atom is 0.313 e. The van der Waals surface area contributed by atoms with Crippen LogP contribution in [0.5, 0.6) is 11.5 Å². The van der Waals surface area contributed by atoms with Gasteiger partial charge in [0.15, 0.2) is 0 Å². The lowest BCUT2D eigenvalue weighted by Crippen LogP contribution is -2.61. The number of hydrazine groups is 1. The quantitative estimate of drug-likeness (QED) is 0.0569. The normalized spacial score (nSPS) is 23.9. The topological polar surface area (TPSA) is 520 Å². The molecule has 0 saturated carbocycles. The van der Waals surface area contributed by atoms with Crippen LogP contribution in [-0.2, 0) is 64.0 Å². The monoisotopic (exact) mass is 1290 g/mol. The number of phenolic OH excluding ortho intramolecular Hbond substituents is 1. The van der Waals surface area contributed by atoms with Crippen molar-refractivity contribution in [2.45, 2.75) is 173 Å². The van der Waals surface area contributed by atoms with E-state index < -0.39 is 156 Å². The number of unbranched alkanes of at least 4 members (excludes halogenated alkanes) is 1. The molecule has 0 aliphatic carbocycles. The number of nitrogens with two attached hydrogens (primary N) is 4. The molecule has 0 radical (unpaired) electrons. The molecule has 1 aliphatic rings. The number of methoxy groups -OCH3 is 1. The lowest BCUT2D eigenvalue weighted by Gasteiger charge is -2.29. The second-order valence-corrected chi connectivity index (χ2v) is 23.2. The Labute approximate surface area is 534 Å². The van der Waals surface area contributed by atoms with Gasteiger partial charge in [-0.05, 0) is 118 Å². The van der Waals surface area contributed by atoms with E-state index in [4.69, 9.17) is 27.7 Å². The third-order valence-electron chi connectivity index (χ3n) is 14.9. The summed E-state index contributed by atoms with van der Waals surface area (Å²) in [4.78, 5) is 177. The van der Waals surface area contributed by atoms with Gasteiger partial charge in [-0.1, -0.05) is 60.1 Å². The Bertz CT molecular complexity index is 2880. The first-order chi connectivity index (χ1) is 43.5. The van der Waals surface area contributed by atoms with E-state index in [0.29, 0.717) is 18.4 Å². The highest BCUT2D eigenvalue weighted by atomic mass is 16.5. The molecular weight excluding hydrogens is 1200 g/mol. The number of aromatic hydroxyl groups is 1. The Morgan fingerprint density at radius 3 is 1.72 bits per heavy atom. The summed E-state index contributed by atoms with van der Waals surface area (Å²) >= 11 is 0. The lowest BCUT2D eigenvalue weighted by atomic mass is 9.96. The third kappa shape index (κ3) is 26.1. The highest BCUT2D eigenvalue weighted by Crippen LogP contribution is 2.23. The number of aliphatic hydroxyl groups is 1. The van der Waals surface area contributed by atoms with Gasteiger partial charge >= 0.3 is 11.8 Å². The molecule has 22 N–H and O–H groups in total. The number of carbonyl (C=O) groups excluding carboxylic acids is 13. The number of benzene rings is 2. The molecule has 0 fully saturated rings. The van der Waals surface area contributed by atoms with Crippen molar-refractivity contribution in [3.8, 4) is 11.5 Å². The number of fused-ring (bicyclic) bond motifs is 2. The molecule has 0 spiro atoms. The molecule has 10 atom stereocenters. The molecule has 0 saturated heterocycles. The highest BCUT2D eigenvalue weighted by Gasteiger charge is 2.36. The summed E-state index contributed by atoms with van der Waals surface area (Å²) in [5.74, 6) is -13.4. The number of phenols is 1. The van der Waals surface area contributed by atoms with Crippen LogP contribution in [0.3, 0.4) is 0 Å². The standard InChI is InChI=1S/C60H94N16O16/c1-8-33(6)48-58(89)72-44(30-77)56(87)71-43(28-34-16-19-36(78)20-17-34)53(84)66-26-12-14-39(63)51(82)76-75-49(80)37-29-35(18-22-45(37)92-7)67-59(90)60(91)69-40(15-9-10-24-61)54(85)70-42(27-31(2)3)52(83)65-25-11-13-38(62)50(81)73-47(32(4)5)57(88)68-41(55(86)74-48)21-23-46(64)79/h16-20,22,29,31-33,38-44,47-48,77-78H,8-15,21,23-28,30,61-63H2,1-7H3,(H2,64,79)(H,65,83)(H,66,84)(H,67,90)(H,68,88)(H,69,91)(H,70,85)(H,71,87)(H,72,89)(H,73,81)(H,74,86)(H,75,80)(H,76,82)/t33-,38-,39-,40-,41-,42-,43-,44-,47-,48-/m0/s1. The largest absolute Gasteiger partial charge is 0.508 e. The fraction of sp³-hybridized carbons (Fsp3) is 0.583. The predicted octanol–water partition coefficient (Wildman–Crippen LogP) is -3.67. The number of hydrogen-bond donors (Lipinski definition) is 18. The summed E-state index contributed by atoms with van der Waals surface area (Å²) in [5, 5.41) is 45.9.